The lowest BCUT2D eigenvalue weighted by molar-refractivity contribution is -0.117. The van der Waals surface area contributed by atoms with Crippen molar-refractivity contribution in [1.82, 2.24) is 4.98 Å². The zero-order chi connectivity index (χ0) is 15.7. The van der Waals surface area contributed by atoms with E-state index >= 15 is 0 Å². The molecule has 21 heavy (non-hydrogen) atoms. The maximum absolute atomic E-state index is 11.5. The number of methoxy groups -OCH3 is 2. The van der Waals surface area contributed by atoms with E-state index in [1.165, 1.54) is 0 Å². The summed E-state index contributed by atoms with van der Waals surface area (Å²) in [5, 5.41) is 2.65. The third kappa shape index (κ3) is 6.07. The van der Waals surface area contributed by atoms with Crippen LogP contribution in [0.2, 0.25) is 0 Å². The van der Waals surface area contributed by atoms with Crippen molar-refractivity contribution in [2.45, 2.75) is 13.0 Å². The highest BCUT2D eigenvalue weighted by molar-refractivity contribution is 5.93. The van der Waals surface area contributed by atoms with E-state index in [2.05, 4.69) is 15.2 Å². The summed E-state index contributed by atoms with van der Waals surface area (Å²) in [6.45, 7) is 4.35. The molecule has 0 saturated heterocycles. The van der Waals surface area contributed by atoms with E-state index in [9.17, 15) is 4.79 Å². The minimum atomic E-state index is -0.564. The molecule has 1 amide bonds. The van der Waals surface area contributed by atoms with Gasteiger partial charge in [0.2, 0.25) is 5.91 Å². The summed E-state index contributed by atoms with van der Waals surface area (Å²) in [4.78, 5) is 17.8. The molecule has 0 fully saturated rings. The number of hydrogen-bond donors (Lipinski definition) is 2. The SMILES string of the molecule is COCCN(CCOC)c1ccc(NC(=O)C(C)N)nc1. The van der Waals surface area contributed by atoms with Gasteiger partial charge in [0.25, 0.3) is 0 Å². The lowest BCUT2D eigenvalue weighted by atomic mass is 10.3. The van der Waals surface area contributed by atoms with E-state index in [0.29, 0.717) is 19.0 Å². The fourth-order valence-corrected chi connectivity index (χ4v) is 1.66. The van der Waals surface area contributed by atoms with E-state index < -0.39 is 6.04 Å². The van der Waals surface area contributed by atoms with Crippen molar-refractivity contribution in [3.8, 4) is 0 Å². The monoisotopic (exact) mass is 296 g/mol. The molecule has 7 heteroatoms. The largest absolute Gasteiger partial charge is 0.383 e. The Balaban J connectivity index is 2.69. The first-order valence-corrected chi connectivity index (χ1v) is 6.83. The second-order valence-electron chi connectivity index (χ2n) is 4.65. The molecule has 0 aliphatic carbocycles. The van der Waals surface area contributed by atoms with E-state index in [1.807, 2.05) is 6.07 Å². The second kappa shape index (κ2) is 9.28. The first-order chi connectivity index (χ1) is 10.1. The first kappa shape index (κ1) is 17.4. The average molecular weight is 296 g/mol. The van der Waals surface area contributed by atoms with Crippen molar-refractivity contribution in [2.75, 3.05) is 50.7 Å². The second-order valence-corrected chi connectivity index (χ2v) is 4.65. The Kier molecular flexibility index (Phi) is 7.66. The number of carbonyl (C=O) groups excluding carboxylic acids is 1. The Labute approximate surface area is 125 Å². The van der Waals surface area contributed by atoms with Gasteiger partial charge in [-0.05, 0) is 19.1 Å². The summed E-state index contributed by atoms with van der Waals surface area (Å²) >= 11 is 0. The van der Waals surface area contributed by atoms with Gasteiger partial charge in [-0.3, -0.25) is 4.79 Å². The summed E-state index contributed by atoms with van der Waals surface area (Å²) in [5.41, 5.74) is 6.44. The molecule has 7 nitrogen and oxygen atoms in total. The molecule has 0 aromatic carbocycles. The number of hydrogen-bond acceptors (Lipinski definition) is 6. The molecular formula is C14H24N4O3. The summed E-state index contributed by atoms with van der Waals surface area (Å²) in [7, 11) is 3.33. The van der Waals surface area contributed by atoms with Crippen LogP contribution in [0.4, 0.5) is 11.5 Å². The van der Waals surface area contributed by atoms with Gasteiger partial charge in [-0.25, -0.2) is 4.98 Å². The van der Waals surface area contributed by atoms with E-state index in [0.717, 1.165) is 18.8 Å². The van der Waals surface area contributed by atoms with Crippen LogP contribution in [-0.4, -0.2) is 57.5 Å². The lowest BCUT2D eigenvalue weighted by Gasteiger charge is -2.24. The van der Waals surface area contributed by atoms with Crippen LogP contribution in [0.3, 0.4) is 0 Å². The van der Waals surface area contributed by atoms with Gasteiger partial charge >= 0.3 is 0 Å². The first-order valence-electron chi connectivity index (χ1n) is 6.83. The number of nitrogens with two attached hydrogens (primary N) is 1. The van der Waals surface area contributed by atoms with Gasteiger partial charge < -0.3 is 25.4 Å². The quantitative estimate of drug-likeness (QED) is 0.688. The standard InChI is InChI=1S/C14H24N4O3/c1-11(15)14(19)17-13-5-4-12(10-16-13)18(6-8-20-2)7-9-21-3/h4-5,10-11H,6-9,15H2,1-3H3,(H,16,17,19). The van der Waals surface area contributed by atoms with Gasteiger partial charge in [-0.1, -0.05) is 0 Å². The number of amides is 1. The van der Waals surface area contributed by atoms with E-state index in [1.54, 1.807) is 33.4 Å². The topological polar surface area (TPSA) is 89.7 Å². The Morgan fingerprint density at radius 2 is 1.95 bits per heavy atom. The fraction of sp³-hybridized carbons (Fsp3) is 0.571. The van der Waals surface area contributed by atoms with E-state index in [4.69, 9.17) is 15.2 Å². The molecule has 0 bridgehead atoms. The zero-order valence-electron chi connectivity index (χ0n) is 12.8. The number of nitrogens with one attached hydrogen (secondary N) is 1. The number of ether oxygens (including phenoxy) is 2. The number of anilines is 2. The van der Waals surface area contributed by atoms with E-state index in [-0.39, 0.29) is 5.91 Å². The molecule has 3 N–H and O–H groups in total. The Morgan fingerprint density at radius 3 is 2.38 bits per heavy atom. The fourth-order valence-electron chi connectivity index (χ4n) is 1.66. The van der Waals surface area contributed by atoms with Crippen LogP contribution in [0.15, 0.2) is 18.3 Å². The zero-order valence-corrected chi connectivity index (χ0v) is 12.8. The number of rotatable bonds is 9. The summed E-state index contributed by atoms with van der Waals surface area (Å²) in [6.07, 6.45) is 1.71. The lowest BCUT2D eigenvalue weighted by Crippen LogP contribution is -2.33. The van der Waals surface area contributed by atoms with Gasteiger partial charge in [0.15, 0.2) is 0 Å². The summed E-state index contributed by atoms with van der Waals surface area (Å²) in [5.74, 6) is 0.227. The predicted molar refractivity (Wildman–Crippen MR) is 82.5 cm³/mol. The number of pyridine rings is 1. The Bertz CT molecular complexity index is 415. The van der Waals surface area contributed by atoms with Crippen molar-refractivity contribution in [2.24, 2.45) is 5.73 Å². The Morgan fingerprint density at radius 1 is 1.33 bits per heavy atom. The van der Waals surface area contributed by atoms with Crippen LogP contribution in [-0.2, 0) is 14.3 Å². The van der Waals surface area contributed by atoms with Crippen molar-refractivity contribution in [3.63, 3.8) is 0 Å². The molecule has 1 aromatic rings. The van der Waals surface area contributed by atoms with Crippen LogP contribution in [0.1, 0.15) is 6.92 Å². The predicted octanol–water partition coefficient (Wildman–Crippen LogP) is 0.467. The molecule has 0 saturated carbocycles. The van der Waals surface area contributed by atoms with Crippen LogP contribution in [0.25, 0.3) is 0 Å². The number of aromatic nitrogens is 1. The van der Waals surface area contributed by atoms with Crippen molar-refractivity contribution in [1.29, 1.82) is 0 Å². The van der Waals surface area contributed by atoms with Gasteiger partial charge in [0.05, 0.1) is 31.1 Å². The number of carbonyl (C=O) groups is 1. The van der Waals surface area contributed by atoms with Crippen molar-refractivity contribution >= 4 is 17.4 Å². The van der Waals surface area contributed by atoms with Crippen molar-refractivity contribution < 1.29 is 14.3 Å². The van der Waals surface area contributed by atoms with Gasteiger partial charge in [0, 0.05) is 27.3 Å². The van der Waals surface area contributed by atoms with Gasteiger partial charge in [-0.2, -0.15) is 0 Å². The maximum Gasteiger partial charge on any atom is 0.242 e. The van der Waals surface area contributed by atoms with Crippen LogP contribution in [0.5, 0.6) is 0 Å². The Hall–Kier alpha value is -1.70. The van der Waals surface area contributed by atoms with Crippen molar-refractivity contribution in [3.05, 3.63) is 18.3 Å². The average Bonchev–Trinajstić information content (AvgIpc) is 2.48. The van der Waals surface area contributed by atoms with Crippen LogP contribution in [0, 0.1) is 0 Å². The molecule has 1 unspecified atom stereocenters. The molecule has 0 aliphatic heterocycles. The summed E-state index contributed by atoms with van der Waals surface area (Å²) in [6, 6.07) is 3.09. The molecule has 0 spiro atoms. The molecular weight excluding hydrogens is 272 g/mol. The minimum absolute atomic E-state index is 0.258. The third-order valence-corrected chi connectivity index (χ3v) is 2.91. The molecule has 1 rings (SSSR count). The minimum Gasteiger partial charge on any atom is -0.383 e. The molecule has 0 aliphatic rings. The normalized spacial score (nSPS) is 12.0. The summed E-state index contributed by atoms with van der Waals surface area (Å²) < 4.78 is 10.2. The highest BCUT2D eigenvalue weighted by Gasteiger charge is 2.10. The highest BCUT2D eigenvalue weighted by atomic mass is 16.5. The molecule has 118 valence electrons. The molecule has 1 heterocycles. The smallest absolute Gasteiger partial charge is 0.242 e. The molecule has 0 radical (unpaired) electrons. The van der Waals surface area contributed by atoms with Gasteiger partial charge in [0.1, 0.15) is 5.82 Å². The number of nitrogens with zero attached hydrogens (tertiary/aromatic N) is 2. The maximum atomic E-state index is 11.5. The highest BCUT2D eigenvalue weighted by Crippen LogP contribution is 2.15. The van der Waals surface area contributed by atoms with Crippen LogP contribution < -0.4 is 16.0 Å². The third-order valence-electron chi connectivity index (χ3n) is 2.91. The van der Waals surface area contributed by atoms with Gasteiger partial charge in [-0.15, -0.1) is 0 Å². The molecule has 1 aromatic heterocycles. The molecule has 1 atom stereocenters. The van der Waals surface area contributed by atoms with Crippen LogP contribution >= 0.6 is 0 Å².